The van der Waals surface area contributed by atoms with Crippen LogP contribution in [0.3, 0.4) is 0 Å². The molecule has 1 aliphatic carbocycles. The summed E-state index contributed by atoms with van der Waals surface area (Å²) in [6.07, 6.45) is 3.97. The highest BCUT2D eigenvalue weighted by Crippen LogP contribution is 2.32. The zero-order valence-electron chi connectivity index (χ0n) is 21.7. The fourth-order valence-electron chi connectivity index (χ4n) is 4.81. The molecule has 0 unspecified atom stereocenters. The molecular formula is C27H32N8O3. The number of methoxy groups -OCH3 is 2. The Morgan fingerprint density at radius 3 is 2.42 bits per heavy atom. The molecule has 11 nitrogen and oxygen atoms in total. The Bertz CT molecular complexity index is 1460. The predicted octanol–water partition coefficient (Wildman–Crippen LogP) is 3.64. The normalized spacial score (nSPS) is 17.3. The van der Waals surface area contributed by atoms with Crippen molar-refractivity contribution < 1.29 is 14.3 Å². The first kappa shape index (κ1) is 25.3. The number of fused-ring (bicyclic) bond motifs is 1. The molecule has 0 aliphatic heterocycles. The van der Waals surface area contributed by atoms with E-state index in [1.807, 2.05) is 31.2 Å². The summed E-state index contributed by atoms with van der Waals surface area (Å²) in [5, 5.41) is 11.4. The smallest absolute Gasteiger partial charge is 0.256 e. The number of ether oxygens (including phenoxy) is 2. The zero-order chi connectivity index (χ0) is 26.8. The Morgan fingerprint density at radius 1 is 1.05 bits per heavy atom. The van der Waals surface area contributed by atoms with Crippen molar-refractivity contribution in [3.8, 4) is 22.9 Å². The zero-order valence-corrected chi connectivity index (χ0v) is 21.7. The average Bonchev–Trinajstić information content (AvgIpc) is 3.34. The highest BCUT2D eigenvalue weighted by Gasteiger charge is 2.27. The number of carbonyl (C=O) groups is 1. The molecule has 1 amide bonds. The molecule has 2 aromatic carbocycles. The monoisotopic (exact) mass is 516 g/mol. The number of rotatable bonds is 8. The molecule has 1 aliphatic rings. The lowest BCUT2D eigenvalue weighted by molar-refractivity contribution is 0.100. The Labute approximate surface area is 220 Å². The van der Waals surface area contributed by atoms with E-state index in [9.17, 15) is 4.79 Å². The number of nitrogens with zero attached hydrogens (tertiary/aromatic N) is 4. The van der Waals surface area contributed by atoms with Gasteiger partial charge in [0.2, 0.25) is 5.95 Å². The Kier molecular flexibility index (Phi) is 7.01. The molecule has 0 saturated heterocycles. The molecule has 0 bridgehead atoms. The van der Waals surface area contributed by atoms with Crippen LogP contribution >= 0.6 is 0 Å². The van der Waals surface area contributed by atoms with Crippen molar-refractivity contribution in [2.45, 2.75) is 44.7 Å². The topological polar surface area (TPSA) is 155 Å². The van der Waals surface area contributed by atoms with Crippen LogP contribution in [-0.2, 0) is 0 Å². The number of hydrogen-bond donors (Lipinski definition) is 4. The number of benzene rings is 2. The minimum atomic E-state index is -0.690. The molecule has 6 N–H and O–H groups in total. The van der Waals surface area contributed by atoms with E-state index in [2.05, 4.69) is 10.6 Å². The lowest BCUT2D eigenvalue weighted by Gasteiger charge is -2.29. The van der Waals surface area contributed by atoms with Crippen molar-refractivity contribution in [3.63, 3.8) is 0 Å². The summed E-state index contributed by atoms with van der Waals surface area (Å²) in [5.74, 6) is 1.56. The van der Waals surface area contributed by atoms with Gasteiger partial charge in [-0.05, 0) is 25.3 Å². The van der Waals surface area contributed by atoms with E-state index in [1.54, 1.807) is 36.9 Å². The molecule has 11 heteroatoms. The fourth-order valence-corrected chi connectivity index (χ4v) is 4.81. The molecule has 0 spiro atoms. The van der Waals surface area contributed by atoms with Crippen LogP contribution in [0.5, 0.6) is 11.5 Å². The maximum Gasteiger partial charge on any atom is 0.256 e. The summed E-state index contributed by atoms with van der Waals surface area (Å²) in [7, 11) is 3.13. The molecule has 2 heterocycles. The highest BCUT2D eigenvalue weighted by molar-refractivity contribution is 6.04. The van der Waals surface area contributed by atoms with Gasteiger partial charge in [0.15, 0.2) is 17.3 Å². The van der Waals surface area contributed by atoms with Gasteiger partial charge in [0, 0.05) is 41.5 Å². The number of nitrogens with one attached hydrogen (secondary N) is 2. The van der Waals surface area contributed by atoms with E-state index < -0.39 is 5.91 Å². The van der Waals surface area contributed by atoms with Crippen molar-refractivity contribution in [1.82, 2.24) is 19.6 Å². The lowest BCUT2D eigenvalue weighted by atomic mass is 9.91. The SMILES string of the molecule is COc1cc(Nc2nc(N[C@@H]3CCCC[C@@H]3N)n3nc(-c4ccccc4C)nc3c2C(N)=O)cc(OC)c1. The Balaban J connectivity index is 1.69. The first-order valence-corrected chi connectivity index (χ1v) is 12.6. The van der Waals surface area contributed by atoms with E-state index >= 15 is 0 Å². The third-order valence-electron chi connectivity index (χ3n) is 6.87. The maximum absolute atomic E-state index is 12.8. The molecule has 5 rings (SSSR count). The summed E-state index contributed by atoms with van der Waals surface area (Å²) in [6, 6.07) is 13.0. The number of amides is 1. The number of anilines is 3. The number of aryl methyl sites for hydroxylation is 1. The van der Waals surface area contributed by atoms with Crippen LogP contribution in [0.2, 0.25) is 0 Å². The third kappa shape index (κ3) is 4.92. The largest absolute Gasteiger partial charge is 0.497 e. The summed E-state index contributed by atoms with van der Waals surface area (Å²) < 4.78 is 12.3. The molecule has 0 radical (unpaired) electrons. The van der Waals surface area contributed by atoms with E-state index in [-0.39, 0.29) is 29.1 Å². The Hall–Kier alpha value is -4.38. The fraction of sp³-hybridized carbons (Fsp3) is 0.333. The summed E-state index contributed by atoms with van der Waals surface area (Å²) in [6.45, 7) is 1.98. The molecule has 38 heavy (non-hydrogen) atoms. The van der Waals surface area contributed by atoms with E-state index in [4.69, 9.17) is 36.0 Å². The first-order chi connectivity index (χ1) is 18.4. The predicted molar refractivity (Wildman–Crippen MR) is 146 cm³/mol. The van der Waals surface area contributed by atoms with Gasteiger partial charge in [0.1, 0.15) is 17.1 Å². The van der Waals surface area contributed by atoms with Gasteiger partial charge < -0.3 is 31.6 Å². The average molecular weight is 517 g/mol. The van der Waals surface area contributed by atoms with Gasteiger partial charge in [-0.25, -0.2) is 4.98 Å². The van der Waals surface area contributed by atoms with Gasteiger partial charge in [0.05, 0.1) is 14.2 Å². The second-order valence-electron chi connectivity index (χ2n) is 9.43. The van der Waals surface area contributed by atoms with E-state index in [0.29, 0.717) is 29.0 Å². The van der Waals surface area contributed by atoms with Crippen LogP contribution in [0.1, 0.15) is 41.6 Å². The van der Waals surface area contributed by atoms with E-state index in [1.165, 1.54) is 0 Å². The number of primary amides is 1. The van der Waals surface area contributed by atoms with Crippen molar-refractivity contribution in [1.29, 1.82) is 0 Å². The highest BCUT2D eigenvalue weighted by atomic mass is 16.5. The quantitative estimate of drug-likeness (QED) is 0.275. The maximum atomic E-state index is 12.8. The lowest BCUT2D eigenvalue weighted by Crippen LogP contribution is -2.43. The standard InChI is InChI=1S/C27H32N8O3/c1-15-8-4-5-9-19(15)24-32-26-22(23(29)36)25(30-16-12-17(37-2)14-18(13-16)38-3)33-27(35(26)34-24)31-21-11-7-6-10-20(21)28/h4-5,8-9,12-14,20-21,30H,6-7,10-11,28H2,1-3H3,(H2,29,36)(H,31,33)/t20-,21+/m0/s1. The van der Waals surface area contributed by atoms with Gasteiger partial charge >= 0.3 is 0 Å². The van der Waals surface area contributed by atoms with Gasteiger partial charge in [-0.15, -0.1) is 5.10 Å². The molecule has 1 fully saturated rings. The van der Waals surface area contributed by atoms with Gasteiger partial charge in [-0.1, -0.05) is 37.1 Å². The number of nitrogens with two attached hydrogens (primary N) is 2. The van der Waals surface area contributed by atoms with Gasteiger partial charge in [-0.2, -0.15) is 9.50 Å². The number of carbonyl (C=O) groups excluding carboxylic acids is 1. The molecular weight excluding hydrogens is 484 g/mol. The van der Waals surface area contributed by atoms with Crippen LogP contribution in [0, 0.1) is 6.92 Å². The molecule has 4 aromatic rings. The minimum absolute atomic E-state index is 0.00486. The van der Waals surface area contributed by atoms with Crippen LogP contribution in [0.25, 0.3) is 17.0 Å². The van der Waals surface area contributed by atoms with Crippen molar-refractivity contribution >= 4 is 29.0 Å². The summed E-state index contributed by atoms with van der Waals surface area (Å²) in [5.41, 5.74) is 15.2. The molecule has 1 saturated carbocycles. The molecule has 2 aromatic heterocycles. The van der Waals surface area contributed by atoms with Crippen LogP contribution in [-0.4, -0.2) is 51.8 Å². The van der Waals surface area contributed by atoms with Crippen LogP contribution in [0.15, 0.2) is 42.5 Å². The van der Waals surface area contributed by atoms with Gasteiger partial charge in [0.25, 0.3) is 5.91 Å². The molecule has 198 valence electrons. The minimum Gasteiger partial charge on any atom is -0.497 e. The van der Waals surface area contributed by atoms with Crippen molar-refractivity contribution in [3.05, 3.63) is 53.6 Å². The second-order valence-corrected chi connectivity index (χ2v) is 9.43. The Morgan fingerprint density at radius 2 is 1.76 bits per heavy atom. The van der Waals surface area contributed by atoms with Crippen LogP contribution < -0.4 is 31.6 Å². The van der Waals surface area contributed by atoms with Crippen molar-refractivity contribution in [2.75, 3.05) is 24.9 Å². The second kappa shape index (κ2) is 10.5. The summed E-state index contributed by atoms with van der Waals surface area (Å²) >= 11 is 0. The van der Waals surface area contributed by atoms with Crippen LogP contribution in [0.4, 0.5) is 17.5 Å². The third-order valence-corrected chi connectivity index (χ3v) is 6.87. The number of hydrogen-bond acceptors (Lipinski definition) is 9. The number of aromatic nitrogens is 4. The van der Waals surface area contributed by atoms with Crippen molar-refractivity contribution in [2.24, 2.45) is 11.5 Å². The van der Waals surface area contributed by atoms with E-state index in [0.717, 1.165) is 36.8 Å². The first-order valence-electron chi connectivity index (χ1n) is 12.6. The van der Waals surface area contributed by atoms with Gasteiger partial charge in [-0.3, -0.25) is 4.79 Å². The molecule has 2 atom stereocenters. The summed E-state index contributed by atoms with van der Waals surface area (Å²) in [4.78, 5) is 22.4.